The zero-order valence-electron chi connectivity index (χ0n) is 9.99. The molecule has 2 heterocycles. The number of carbonyl (C=O) groups excluding carboxylic acids is 1. The fourth-order valence-corrected chi connectivity index (χ4v) is 1.56. The highest BCUT2D eigenvalue weighted by Gasteiger charge is 2.08. The number of imidazole rings is 2. The standard InChI is InChI=1S/C11H16N6O/c12-1-4-17-7-10(15-9-17)11(18)14-3-6-16-5-2-13-8-16/h2,5,7-9H,1,3-4,6,12H2,(H,14,18). The van der Waals surface area contributed by atoms with Gasteiger partial charge >= 0.3 is 0 Å². The van der Waals surface area contributed by atoms with Crippen molar-refractivity contribution in [1.82, 2.24) is 24.4 Å². The number of nitrogens with zero attached hydrogens (tertiary/aromatic N) is 4. The minimum absolute atomic E-state index is 0.175. The van der Waals surface area contributed by atoms with Crippen LogP contribution >= 0.6 is 0 Å². The molecule has 0 aliphatic rings. The largest absolute Gasteiger partial charge is 0.349 e. The summed E-state index contributed by atoms with van der Waals surface area (Å²) in [7, 11) is 0. The maximum Gasteiger partial charge on any atom is 0.271 e. The molecule has 0 unspecified atom stereocenters. The molecule has 2 rings (SSSR count). The highest BCUT2D eigenvalue weighted by molar-refractivity contribution is 5.91. The van der Waals surface area contributed by atoms with Crippen molar-refractivity contribution in [2.24, 2.45) is 5.73 Å². The molecule has 0 spiro atoms. The van der Waals surface area contributed by atoms with Gasteiger partial charge in [0, 0.05) is 44.8 Å². The van der Waals surface area contributed by atoms with Crippen molar-refractivity contribution in [2.45, 2.75) is 13.1 Å². The lowest BCUT2D eigenvalue weighted by Crippen LogP contribution is -2.27. The maximum atomic E-state index is 11.7. The third kappa shape index (κ3) is 3.17. The summed E-state index contributed by atoms with van der Waals surface area (Å²) in [4.78, 5) is 19.7. The Labute approximate surface area is 105 Å². The van der Waals surface area contributed by atoms with Crippen molar-refractivity contribution in [3.05, 3.63) is 36.9 Å². The first-order valence-electron chi connectivity index (χ1n) is 5.75. The van der Waals surface area contributed by atoms with Crippen LogP contribution in [0.2, 0.25) is 0 Å². The number of rotatable bonds is 6. The van der Waals surface area contributed by atoms with Gasteiger partial charge in [-0.05, 0) is 0 Å². The Bertz CT molecular complexity index is 489. The van der Waals surface area contributed by atoms with Gasteiger partial charge in [0.05, 0.1) is 12.7 Å². The van der Waals surface area contributed by atoms with E-state index in [0.29, 0.717) is 31.9 Å². The lowest BCUT2D eigenvalue weighted by Gasteiger charge is -2.03. The predicted octanol–water partition coefficient (Wildman–Crippen LogP) is -0.532. The summed E-state index contributed by atoms with van der Waals surface area (Å²) < 4.78 is 3.69. The molecule has 3 N–H and O–H groups in total. The van der Waals surface area contributed by atoms with Crippen LogP contribution in [0.3, 0.4) is 0 Å². The number of hydrogen-bond acceptors (Lipinski definition) is 4. The quantitative estimate of drug-likeness (QED) is 0.719. The van der Waals surface area contributed by atoms with E-state index in [1.54, 1.807) is 29.6 Å². The van der Waals surface area contributed by atoms with Gasteiger partial charge in [-0.1, -0.05) is 0 Å². The molecule has 2 aromatic rings. The van der Waals surface area contributed by atoms with Crippen molar-refractivity contribution in [3.63, 3.8) is 0 Å². The lowest BCUT2D eigenvalue weighted by atomic mass is 10.4. The minimum Gasteiger partial charge on any atom is -0.349 e. The summed E-state index contributed by atoms with van der Waals surface area (Å²) in [5.74, 6) is -0.175. The molecule has 0 aliphatic heterocycles. The Kier molecular flexibility index (Phi) is 4.08. The smallest absolute Gasteiger partial charge is 0.271 e. The Morgan fingerprint density at radius 2 is 2.22 bits per heavy atom. The van der Waals surface area contributed by atoms with E-state index < -0.39 is 0 Å². The van der Waals surface area contributed by atoms with E-state index in [1.165, 1.54) is 0 Å². The molecule has 96 valence electrons. The first-order valence-corrected chi connectivity index (χ1v) is 5.75. The van der Waals surface area contributed by atoms with Gasteiger partial charge in [-0.2, -0.15) is 0 Å². The molecule has 2 aromatic heterocycles. The first-order chi connectivity index (χ1) is 8.79. The van der Waals surface area contributed by atoms with E-state index >= 15 is 0 Å². The van der Waals surface area contributed by atoms with Crippen LogP contribution in [0.25, 0.3) is 0 Å². The summed E-state index contributed by atoms with van der Waals surface area (Å²) in [5, 5.41) is 2.80. The van der Waals surface area contributed by atoms with Gasteiger partial charge in [-0.25, -0.2) is 9.97 Å². The van der Waals surface area contributed by atoms with E-state index in [1.807, 2.05) is 10.8 Å². The second-order valence-corrected chi connectivity index (χ2v) is 3.84. The Morgan fingerprint density at radius 1 is 1.33 bits per heavy atom. The molecule has 7 heteroatoms. The second kappa shape index (κ2) is 5.97. The zero-order valence-corrected chi connectivity index (χ0v) is 9.99. The number of nitrogens with two attached hydrogens (primary N) is 1. The van der Waals surface area contributed by atoms with Gasteiger partial charge < -0.3 is 20.2 Å². The van der Waals surface area contributed by atoms with Gasteiger partial charge in [0.2, 0.25) is 0 Å². The van der Waals surface area contributed by atoms with Crippen LogP contribution in [0, 0.1) is 0 Å². The van der Waals surface area contributed by atoms with Crippen molar-refractivity contribution in [2.75, 3.05) is 13.1 Å². The zero-order chi connectivity index (χ0) is 12.8. The van der Waals surface area contributed by atoms with Crippen LogP contribution in [0.15, 0.2) is 31.2 Å². The number of carbonyl (C=O) groups is 1. The van der Waals surface area contributed by atoms with Crippen molar-refractivity contribution in [3.8, 4) is 0 Å². The summed E-state index contributed by atoms with van der Waals surface area (Å²) >= 11 is 0. The molecule has 0 fully saturated rings. The summed E-state index contributed by atoms with van der Waals surface area (Å²) in [5.41, 5.74) is 5.83. The number of aromatic nitrogens is 4. The summed E-state index contributed by atoms with van der Waals surface area (Å²) in [6, 6.07) is 0. The van der Waals surface area contributed by atoms with E-state index in [4.69, 9.17) is 5.73 Å². The molecule has 0 atom stereocenters. The average Bonchev–Trinajstić information content (AvgIpc) is 3.00. The third-order valence-corrected chi connectivity index (χ3v) is 2.47. The fraction of sp³-hybridized carbons (Fsp3) is 0.364. The molecule has 0 saturated carbocycles. The molecule has 7 nitrogen and oxygen atoms in total. The van der Waals surface area contributed by atoms with E-state index in [0.717, 1.165) is 0 Å². The van der Waals surface area contributed by atoms with Crippen LogP contribution < -0.4 is 11.1 Å². The molecular formula is C11H16N6O. The van der Waals surface area contributed by atoms with Crippen LogP contribution in [0.1, 0.15) is 10.5 Å². The molecule has 0 aromatic carbocycles. The number of hydrogen-bond donors (Lipinski definition) is 2. The maximum absolute atomic E-state index is 11.7. The molecule has 0 aliphatic carbocycles. The summed E-state index contributed by atoms with van der Waals surface area (Å²) in [6.07, 6.45) is 8.57. The Hall–Kier alpha value is -2.15. The van der Waals surface area contributed by atoms with Crippen molar-refractivity contribution < 1.29 is 4.79 Å². The highest BCUT2D eigenvalue weighted by atomic mass is 16.1. The fourth-order valence-electron chi connectivity index (χ4n) is 1.56. The molecule has 0 radical (unpaired) electrons. The highest BCUT2D eigenvalue weighted by Crippen LogP contribution is 1.95. The van der Waals surface area contributed by atoms with Crippen LogP contribution in [-0.2, 0) is 13.1 Å². The second-order valence-electron chi connectivity index (χ2n) is 3.84. The average molecular weight is 248 g/mol. The predicted molar refractivity (Wildman–Crippen MR) is 65.8 cm³/mol. The van der Waals surface area contributed by atoms with Crippen LogP contribution in [-0.4, -0.2) is 38.1 Å². The van der Waals surface area contributed by atoms with Gasteiger partial charge in [-0.15, -0.1) is 0 Å². The molecular weight excluding hydrogens is 232 g/mol. The Morgan fingerprint density at radius 3 is 2.94 bits per heavy atom. The van der Waals surface area contributed by atoms with Gasteiger partial charge in [-0.3, -0.25) is 4.79 Å². The van der Waals surface area contributed by atoms with Crippen LogP contribution in [0.4, 0.5) is 0 Å². The molecule has 0 saturated heterocycles. The van der Waals surface area contributed by atoms with E-state index in [2.05, 4.69) is 15.3 Å². The molecule has 18 heavy (non-hydrogen) atoms. The van der Waals surface area contributed by atoms with Gasteiger partial charge in [0.15, 0.2) is 0 Å². The first kappa shape index (κ1) is 12.3. The van der Waals surface area contributed by atoms with Crippen LogP contribution in [0.5, 0.6) is 0 Å². The van der Waals surface area contributed by atoms with E-state index in [9.17, 15) is 4.79 Å². The Balaban J connectivity index is 1.80. The molecule has 0 bridgehead atoms. The van der Waals surface area contributed by atoms with Crippen molar-refractivity contribution >= 4 is 5.91 Å². The van der Waals surface area contributed by atoms with Gasteiger partial charge in [0.25, 0.3) is 5.91 Å². The van der Waals surface area contributed by atoms with Gasteiger partial charge in [0.1, 0.15) is 5.69 Å². The minimum atomic E-state index is -0.175. The van der Waals surface area contributed by atoms with Crippen molar-refractivity contribution in [1.29, 1.82) is 0 Å². The number of nitrogens with one attached hydrogen (secondary N) is 1. The molecule has 1 amide bonds. The third-order valence-electron chi connectivity index (χ3n) is 2.47. The monoisotopic (exact) mass is 248 g/mol. The summed E-state index contributed by atoms with van der Waals surface area (Å²) in [6.45, 7) is 2.42. The lowest BCUT2D eigenvalue weighted by molar-refractivity contribution is 0.0947. The number of amides is 1. The topological polar surface area (TPSA) is 90.8 Å². The van der Waals surface area contributed by atoms with E-state index in [-0.39, 0.29) is 5.91 Å². The SMILES string of the molecule is NCCn1cnc(C(=O)NCCn2ccnc2)c1. The normalized spacial score (nSPS) is 10.5.